The maximum atomic E-state index is 11.5. The van der Waals surface area contributed by atoms with Gasteiger partial charge in [0.1, 0.15) is 12.1 Å². The summed E-state index contributed by atoms with van der Waals surface area (Å²) in [5, 5.41) is 11.4. The Morgan fingerprint density at radius 2 is 2.15 bits per heavy atom. The van der Waals surface area contributed by atoms with Crippen LogP contribution in [0.25, 0.3) is 5.69 Å². The molecule has 2 aromatic rings. The largest absolute Gasteiger partial charge is 0.497 e. The van der Waals surface area contributed by atoms with Gasteiger partial charge in [-0.2, -0.15) is 0 Å². The third-order valence-corrected chi connectivity index (χ3v) is 3.52. The van der Waals surface area contributed by atoms with Gasteiger partial charge in [0.25, 0.3) is 0 Å². The number of thioether (sulfide) groups is 1. The van der Waals surface area contributed by atoms with Crippen molar-refractivity contribution in [3.63, 3.8) is 0 Å². The lowest BCUT2D eigenvalue weighted by Gasteiger charge is -2.07. The van der Waals surface area contributed by atoms with Crippen LogP contribution in [-0.2, 0) is 4.79 Å². The van der Waals surface area contributed by atoms with E-state index < -0.39 is 0 Å². The van der Waals surface area contributed by atoms with Gasteiger partial charge >= 0.3 is 0 Å². The van der Waals surface area contributed by atoms with E-state index >= 15 is 0 Å². The summed E-state index contributed by atoms with van der Waals surface area (Å²) in [6.45, 7) is 2.52. The van der Waals surface area contributed by atoms with Crippen LogP contribution in [0.2, 0.25) is 0 Å². The van der Waals surface area contributed by atoms with E-state index in [9.17, 15) is 4.79 Å². The number of hydrogen-bond donors (Lipinski definition) is 1. The van der Waals surface area contributed by atoms with Gasteiger partial charge in [-0.05, 0) is 31.2 Å². The summed E-state index contributed by atoms with van der Waals surface area (Å²) in [6, 6.07) is 7.57. The van der Waals surface area contributed by atoms with E-state index in [0.29, 0.717) is 17.5 Å². The minimum atomic E-state index is -0.0122. The molecule has 0 atom stereocenters. The molecule has 0 bridgehead atoms. The van der Waals surface area contributed by atoms with Crippen molar-refractivity contribution in [2.45, 2.75) is 12.1 Å². The van der Waals surface area contributed by atoms with E-state index in [4.69, 9.17) is 4.74 Å². The molecule has 6 nitrogen and oxygen atoms in total. The highest BCUT2D eigenvalue weighted by atomic mass is 32.2. The Hall–Kier alpha value is -2.02. The fourth-order valence-corrected chi connectivity index (χ4v) is 2.38. The molecule has 7 heteroatoms. The van der Waals surface area contributed by atoms with E-state index in [0.717, 1.165) is 11.4 Å². The van der Waals surface area contributed by atoms with Gasteiger partial charge in [0, 0.05) is 12.2 Å². The Kier molecular flexibility index (Phi) is 5.00. The number of amides is 1. The maximum Gasteiger partial charge on any atom is 0.230 e. The number of methoxy groups -OCH3 is 1. The molecule has 0 radical (unpaired) electrons. The molecule has 20 heavy (non-hydrogen) atoms. The molecule has 0 spiro atoms. The molecule has 1 N–H and O–H groups in total. The molecule has 106 valence electrons. The first-order chi connectivity index (χ1) is 9.74. The molecule has 1 aromatic heterocycles. The smallest absolute Gasteiger partial charge is 0.230 e. The topological polar surface area (TPSA) is 69.0 Å². The molecule has 1 heterocycles. The molecule has 0 saturated heterocycles. The number of hydrogen-bond acceptors (Lipinski definition) is 5. The van der Waals surface area contributed by atoms with Crippen LogP contribution in [0.1, 0.15) is 6.92 Å². The van der Waals surface area contributed by atoms with Crippen LogP contribution < -0.4 is 10.1 Å². The number of rotatable bonds is 6. The van der Waals surface area contributed by atoms with E-state index in [1.165, 1.54) is 11.8 Å². The van der Waals surface area contributed by atoms with Crippen LogP contribution in [0.3, 0.4) is 0 Å². The molecule has 0 saturated carbocycles. The SMILES string of the molecule is CCNC(=O)CSc1nncn1-c1ccc(OC)cc1. The van der Waals surface area contributed by atoms with Crippen molar-refractivity contribution in [3.8, 4) is 11.4 Å². The number of ether oxygens (including phenoxy) is 1. The zero-order valence-electron chi connectivity index (χ0n) is 11.4. The van der Waals surface area contributed by atoms with Crippen LogP contribution in [0.5, 0.6) is 5.75 Å². The second-order valence-corrected chi connectivity index (χ2v) is 4.87. The predicted molar refractivity (Wildman–Crippen MR) is 77.3 cm³/mol. The molecule has 0 aliphatic rings. The maximum absolute atomic E-state index is 11.5. The first-order valence-electron chi connectivity index (χ1n) is 6.18. The van der Waals surface area contributed by atoms with E-state index in [-0.39, 0.29) is 5.91 Å². The molecule has 1 aromatic carbocycles. The van der Waals surface area contributed by atoms with Crippen molar-refractivity contribution < 1.29 is 9.53 Å². The van der Waals surface area contributed by atoms with Gasteiger partial charge in [-0.3, -0.25) is 9.36 Å². The second-order valence-electron chi connectivity index (χ2n) is 3.92. The fraction of sp³-hybridized carbons (Fsp3) is 0.308. The molecule has 0 fully saturated rings. The monoisotopic (exact) mass is 292 g/mol. The highest BCUT2D eigenvalue weighted by Crippen LogP contribution is 2.21. The third-order valence-electron chi connectivity index (χ3n) is 2.57. The van der Waals surface area contributed by atoms with E-state index in [1.54, 1.807) is 13.4 Å². The Balaban J connectivity index is 2.09. The van der Waals surface area contributed by atoms with Gasteiger partial charge in [-0.25, -0.2) is 0 Å². The highest BCUT2D eigenvalue weighted by molar-refractivity contribution is 7.99. The van der Waals surface area contributed by atoms with E-state index in [1.807, 2.05) is 35.8 Å². The van der Waals surface area contributed by atoms with Crippen molar-refractivity contribution in [1.82, 2.24) is 20.1 Å². The van der Waals surface area contributed by atoms with Crippen LogP contribution in [0, 0.1) is 0 Å². The van der Waals surface area contributed by atoms with Crippen LogP contribution in [-0.4, -0.2) is 40.1 Å². The first kappa shape index (κ1) is 14.4. The average Bonchev–Trinajstić information content (AvgIpc) is 2.94. The Labute approximate surface area is 121 Å². The predicted octanol–water partition coefficient (Wildman–Crippen LogP) is 1.50. The molecule has 0 unspecified atom stereocenters. The van der Waals surface area contributed by atoms with Crippen molar-refractivity contribution in [2.75, 3.05) is 19.4 Å². The first-order valence-corrected chi connectivity index (χ1v) is 7.17. The number of benzene rings is 1. The number of nitrogens with zero attached hydrogens (tertiary/aromatic N) is 3. The van der Waals surface area contributed by atoms with Gasteiger partial charge in [0.2, 0.25) is 5.91 Å². The minimum Gasteiger partial charge on any atom is -0.497 e. The second kappa shape index (κ2) is 6.95. The Morgan fingerprint density at radius 1 is 1.40 bits per heavy atom. The zero-order chi connectivity index (χ0) is 14.4. The summed E-state index contributed by atoms with van der Waals surface area (Å²) in [5.41, 5.74) is 0.925. The lowest BCUT2D eigenvalue weighted by molar-refractivity contribution is -0.118. The van der Waals surface area contributed by atoms with Crippen molar-refractivity contribution in [1.29, 1.82) is 0 Å². The minimum absolute atomic E-state index is 0.0122. The van der Waals surface area contributed by atoms with Crippen LogP contribution in [0.4, 0.5) is 0 Å². The molecule has 2 rings (SSSR count). The molecule has 0 aliphatic heterocycles. The van der Waals surface area contributed by atoms with Crippen LogP contribution in [0.15, 0.2) is 35.7 Å². The lowest BCUT2D eigenvalue weighted by Crippen LogP contribution is -2.24. The number of carbonyl (C=O) groups excluding carboxylic acids is 1. The van der Waals surface area contributed by atoms with Crippen molar-refractivity contribution in [2.24, 2.45) is 0 Å². The zero-order valence-corrected chi connectivity index (χ0v) is 12.2. The van der Waals surface area contributed by atoms with Gasteiger partial charge in [-0.15, -0.1) is 10.2 Å². The van der Waals surface area contributed by atoms with Gasteiger partial charge in [-0.1, -0.05) is 11.8 Å². The quantitative estimate of drug-likeness (QED) is 0.817. The number of aromatic nitrogens is 3. The standard InChI is InChI=1S/C13H16N4O2S/c1-3-14-12(18)8-20-13-16-15-9-17(13)10-4-6-11(19-2)7-5-10/h4-7,9H,3,8H2,1-2H3,(H,14,18). The van der Waals surface area contributed by atoms with Gasteiger partial charge in [0.05, 0.1) is 12.9 Å². The highest BCUT2D eigenvalue weighted by Gasteiger charge is 2.09. The third kappa shape index (κ3) is 3.51. The van der Waals surface area contributed by atoms with Crippen molar-refractivity contribution >= 4 is 17.7 Å². The summed E-state index contributed by atoms with van der Waals surface area (Å²) in [7, 11) is 1.63. The van der Waals surface area contributed by atoms with E-state index in [2.05, 4.69) is 15.5 Å². The van der Waals surface area contributed by atoms with Crippen molar-refractivity contribution in [3.05, 3.63) is 30.6 Å². The Morgan fingerprint density at radius 3 is 2.80 bits per heavy atom. The molecular weight excluding hydrogens is 276 g/mol. The number of nitrogens with one attached hydrogen (secondary N) is 1. The van der Waals surface area contributed by atoms with Crippen LogP contribution >= 0.6 is 11.8 Å². The Bertz CT molecular complexity index is 568. The normalized spacial score (nSPS) is 10.3. The summed E-state index contributed by atoms with van der Waals surface area (Å²) in [4.78, 5) is 11.5. The fourth-order valence-electron chi connectivity index (χ4n) is 1.62. The number of carbonyl (C=O) groups is 1. The summed E-state index contributed by atoms with van der Waals surface area (Å²) >= 11 is 1.35. The average molecular weight is 292 g/mol. The summed E-state index contributed by atoms with van der Waals surface area (Å²) in [5.74, 6) is 1.10. The molecular formula is C13H16N4O2S. The lowest BCUT2D eigenvalue weighted by atomic mass is 10.3. The molecule has 0 aliphatic carbocycles. The molecule has 1 amide bonds. The van der Waals surface area contributed by atoms with Gasteiger partial charge in [0.15, 0.2) is 5.16 Å². The summed E-state index contributed by atoms with van der Waals surface area (Å²) < 4.78 is 6.96. The van der Waals surface area contributed by atoms with Gasteiger partial charge < -0.3 is 10.1 Å². The summed E-state index contributed by atoms with van der Waals surface area (Å²) in [6.07, 6.45) is 1.63.